The van der Waals surface area contributed by atoms with Crippen LogP contribution < -0.4 is 18.9 Å². The molecule has 24 nitrogen and oxygen atoms in total. The highest BCUT2D eigenvalue weighted by molar-refractivity contribution is 6.37. The standard InChI is InChI=1S/C68H40N12O12/c81-77(82)47-25-13-29-55(65(47)73-69-43-17-5-1-6-18-43)89-51-37-33-41-34-39-53(91-57-31-15-27-49(79(85)86)67(57)75-71-45-21-9-3-10-22-45)63-59(41)61(51)62-52(90-56-30-14-26-48(78(83)84)66(56)74-70-44-19-7-2-8-20-44)38-35-42-36-40-54(64(63)60(42)62)92-58-32-16-28-50(80(87)88)68(58)76-72-46-23-11-4-12-24-46/h1-40H. The summed E-state index contributed by atoms with van der Waals surface area (Å²) in [6.07, 6.45) is 0. The molecule has 24 heteroatoms. The first kappa shape index (κ1) is 57.4. The zero-order chi connectivity index (χ0) is 63.2. The van der Waals surface area contributed by atoms with Gasteiger partial charge in [0.15, 0.2) is 23.0 Å². The molecule has 0 aliphatic rings. The van der Waals surface area contributed by atoms with E-state index in [1.807, 2.05) is 0 Å². The molecule has 0 saturated carbocycles. The minimum atomic E-state index is -0.619. The van der Waals surface area contributed by atoms with Crippen molar-refractivity contribution in [3.8, 4) is 46.0 Å². The Labute approximate surface area is 517 Å². The van der Waals surface area contributed by atoms with Gasteiger partial charge in [-0.3, -0.25) is 40.5 Å². The van der Waals surface area contributed by atoms with E-state index in [0.29, 0.717) is 44.3 Å². The van der Waals surface area contributed by atoms with Gasteiger partial charge in [0.05, 0.1) is 42.4 Å². The summed E-state index contributed by atoms with van der Waals surface area (Å²) in [5.74, 6) is -0.292. The summed E-state index contributed by atoms with van der Waals surface area (Å²) < 4.78 is 27.8. The second-order valence-electron chi connectivity index (χ2n) is 20.0. The fourth-order valence-electron chi connectivity index (χ4n) is 10.3. The van der Waals surface area contributed by atoms with Gasteiger partial charge in [-0.2, -0.15) is 20.5 Å². The Morgan fingerprint density at radius 2 is 0.435 bits per heavy atom. The molecule has 0 aromatic heterocycles. The van der Waals surface area contributed by atoms with Crippen LogP contribution in [0.4, 0.5) is 68.2 Å². The van der Waals surface area contributed by atoms with E-state index >= 15 is 0 Å². The van der Waals surface area contributed by atoms with Gasteiger partial charge in [0, 0.05) is 56.6 Å². The fraction of sp³-hybridized carbons (Fsp3) is 0. The maximum Gasteiger partial charge on any atom is 0.300 e. The normalized spacial score (nSPS) is 11.7. The smallest absolute Gasteiger partial charge is 0.300 e. The molecule has 13 aromatic carbocycles. The van der Waals surface area contributed by atoms with Crippen molar-refractivity contribution in [3.05, 3.63) is 283 Å². The summed E-state index contributed by atoms with van der Waals surface area (Å²) in [7, 11) is 0. The number of nitrogens with zero attached hydrogens (tertiary/aromatic N) is 12. The lowest BCUT2D eigenvalue weighted by Crippen LogP contribution is -1.98. The van der Waals surface area contributed by atoms with E-state index in [-0.39, 0.29) is 90.3 Å². The maximum absolute atomic E-state index is 12.9. The molecule has 0 unspecified atom stereocenters. The Hall–Kier alpha value is -13.6. The number of hydrogen-bond acceptors (Lipinski definition) is 20. The Morgan fingerprint density at radius 3 is 0.641 bits per heavy atom. The molecule has 0 fully saturated rings. The summed E-state index contributed by atoms with van der Waals surface area (Å²) in [6.45, 7) is 0. The van der Waals surface area contributed by atoms with Crippen LogP contribution in [-0.2, 0) is 0 Å². The quantitative estimate of drug-likeness (QED) is 0.0226. The average molecular weight is 1220 g/mol. The predicted molar refractivity (Wildman–Crippen MR) is 343 cm³/mol. The molecular weight excluding hydrogens is 1180 g/mol. The van der Waals surface area contributed by atoms with Gasteiger partial charge in [0.2, 0.25) is 22.7 Å². The van der Waals surface area contributed by atoms with Gasteiger partial charge in [0.1, 0.15) is 23.0 Å². The van der Waals surface area contributed by atoms with Crippen LogP contribution in [0.25, 0.3) is 43.1 Å². The first-order chi connectivity index (χ1) is 44.9. The van der Waals surface area contributed by atoms with Crippen molar-refractivity contribution in [3.63, 3.8) is 0 Å². The largest absolute Gasteiger partial charge is 0.454 e. The molecule has 0 N–H and O–H groups in total. The summed E-state index contributed by atoms with van der Waals surface area (Å²) in [4.78, 5) is 49.0. The Morgan fingerprint density at radius 1 is 0.217 bits per heavy atom. The second kappa shape index (κ2) is 25.0. The number of benzene rings is 13. The van der Waals surface area contributed by atoms with Crippen LogP contribution in [0.15, 0.2) is 284 Å². The van der Waals surface area contributed by atoms with Crippen molar-refractivity contribution in [2.45, 2.75) is 0 Å². The number of fused-ring (bicyclic) bond motifs is 2. The van der Waals surface area contributed by atoms with E-state index in [0.717, 1.165) is 0 Å². The van der Waals surface area contributed by atoms with Gasteiger partial charge in [-0.25, -0.2) is 0 Å². The van der Waals surface area contributed by atoms with Crippen molar-refractivity contribution in [2.75, 3.05) is 0 Å². The van der Waals surface area contributed by atoms with Crippen LogP contribution in [-0.4, -0.2) is 19.7 Å². The first-order valence-electron chi connectivity index (χ1n) is 27.8. The number of nitro groups is 4. The van der Waals surface area contributed by atoms with Crippen LogP contribution in [0.1, 0.15) is 0 Å². The molecule has 0 atom stereocenters. The van der Waals surface area contributed by atoms with Gasteiger partial charge in [0.25, 0.3) is 0 Å². The highest BCUT2D eigenvalue weighted by Gasteiger charge is 2.30. The molecule has 0 radical (unpaired) electrons. The number of ether oxygens (including phenoxy) is 4. The molecule has 444 valence electrons. The number of azo groups is 4. The summed E-state index contributed by atoms with van der Waals surface area (Å²) >= 11 is 0. The van der Waals surface area contributed by atoms with Gasteiger partial charge in [-0.15, -0.1) is 20.5 Å². The minimum absolute atomic E-state index is 0.0416. The van der Waals surface area contributed by atoms with Gasteiger partial charge < -0.3 is 18.9 Å². The van der Waals surface area contributed by atoms with Gasteiger partial charge in [-0.1, -0.05) is 121 Å². The second-order valence-corrected chi connectivity index (χ2v) is 20.0. The van der Waals surface area contributed by atoms with E-state index in [9.17, 15) is 40.5 Å². The van der Waals surface area contributed by atoms with Crippen LogP contribution in [0.5, 0.6) is 46.0 Å². The molecule has 0 bridgehead atoms. The van der Waals surface area contributed by atoms with E-state index in [1.165, 1.54) is 72.8 Å². The monoisotopic (exact) mass is 1220 g/mol. The lowest BCUT2D eigenvalue weighted by atomic mass is 9.88. The van der Waals surface area contributed by atoms with Crippen LogP contribution in [0.2, 0.25) is 0 Å². The molecule has 13 aromatic rings. The fourth-order valence-corrected chi connectivity index (χ4v) is 10.3. The third kappa shape index (κ3) is 11.5. The number of nitro benzene ring substituents is 4. The number of rotatable bonds is 20. The first-order valence-corrected chi connectivity index (χ1v) is 27.8. The van der Waals surface area contributed by atoms with Crippen molar-refractivity contribution in [1.29, 1.82) is 0 Å². The van der Waals surface area contributed by atoms with E-state index in [2.05, 4.69) is 40.9 Å². The van der Waals surface area contributed by atoms with Crippen molar-refractivity contribution >= 4 is 111 Å². The van der Waals surface area contributed by atoms with E-state index < -0.39 is 42.4 Å². The maximum atomic E-state index is 12.9. The Bertz CT molecular complexity index is 4560. The molecule has 0 heterocycles. The van der Waals surface area contributed by atoms with Crippen molar-refractivity contribution in [2.24, 2.45) is 40.9 Å². The minimum Gasteiger partial charge on any atom is -0.454 e. The zero-order valence-electron chi connectivity index (χ0n) is 47.4. The molecular formula is C68H40N12O12. The predicted octanol–water partition coefficient (Wildman–Crippen LogP) is 22.2. The molecule has 0 aliphatic heterocycles. The molecule has 13 rings (SSSR count). The van der Waals surface area contributed by atoms with Crippen LogP contribution >= 0.6 is 0 Å². The molecule has 0 aliphatic carbocycles. The average Bonchev–Trinajstić information content (AvgIpc) is 0.698. The molecule has 0 spiro atoms. The third-order valence-electron chi connectivity index (χ3n) is 14.4. The molecule has 0 amide bonds. The molecule has 0 saturated heterocycles. The highest BCUT2D eigenvalue weighted by atomic mass is 16.6. The van der Waals surface area contributed by atoms with Crippen molar-refractivity contribution < 1.29 is 38.6 Å². The number of hydrogen-bond donors (Lipinski definition) is 0. The summed E-state index contributed by atoms with van der Waals surface area (Å²) in [5.41, 5.74) is -1.28. The van der Waals surface area contributed by atoms with Crippen LogP contribution in [0, 0.1) is 40.5 Å². The lowest BCUT2D eigenvalue weighted by Gasteiger charge is -2.23. The lowest BCUT2D eigenvalue weighted by molar-refractivity contribution is -0.384. The van der Waals surface area contributed by atoms with E-state index in [4.69, 9.17) is 18.9 Å². The van der Waals surface area contributed by atoms with Gasteiger partial charge >= 0.3 is 22.7 Å². The Kier molecular flexibility index (Phi) is 15.6. The third-order valence-corrected chi connectivity index (χ3v) is 14.4. The summed E-state index contributed by atoms with van der Waals surface area (Å²) in [5, 5.41) is 89.1. The SMILES string of the molecule is O=[N+]([O-])c1cccc(Oc2ccc3ccc(Oc4cccc([N+](=O)[O-])c4N=Nc4ccccc4)c4c5c(Oc6cccc([N+](=O)[O-])c6N=Nc6ccccc6)ccc6ccc(Oc7cccc([N+](=O)[O-])c7N=Nc7ccccc7)c(c2c34)c65)c1N=Nc1ccccc1. The van der Waals surface area contributed by atoms with Crippen molar-refractivity contribution in [1.82, 2.24) is 0 Å². The van der Waals surface area contributed by atoms with Crippen LogP contribution in [0.3, 0.4) is 0 Å². The molecule has 92 heavy (non-hydrogen) atoms. The zero-order valence-corrected chi connectivity index (χ0v) is 47.4. The Balaban J connectivity index is 1.14. The van der Waals surface area contributed by atoms with Gasteiger partial charge in [-0.05, 0) is 108 Å². The topological polar surface area (TPSA) is 308 Å². The highest BCUT2D eigenvalue weighted by Crippen LogP contribution is 2.57. The van der Waals surface area contributed by atoms with E-state index in [1.54, 1.807) is 170 Å². The summed E-state index contributed by atoms with van der Waals surface area (Å²) in [6, 6.07) is 64.3.